The molecule has 0 saturated heterocycles. The average molecular weight is 324 g/mol. The summed E-state index contributed by atoms with van der Waals surface area (Å²) in [6, 6.07) is 7.90. The molecular weight excluding hydrogens is 306 g/mol. The molecule has 0 saturated carbocycles. The van der Waals surface area contributed by atoms with Gasteiger partial charge in [0.2, 0.25) is 5.89 Å². The van der Waals surface area contributed by atoms with Crippen LogP contribution in [0.5, 0.6) is 0 Å². The quantitative estimate of drug-likeness (QED) is 0.914. The van der Waals surface area contributed by atoms with E-state index in [-0.39, 0.29) is 6.04 Å². The van der Waals surface area contributed by atoms with Gasteiger partial charge >= 0.3 is 0 Å². The summed E-state index contributed by atoms with van der Waals surface area (Å²) in [4.78, 5) is 4.37. The lowest BCUT2D eigenvalue weighted by atomic mass is 10.0. The normalized spacial score (nSPS) is 12.9. The van der Waals surface area contributed by atoms with Crippen LogP contribution in [-0.2, 0) is 6.42 Å². The molecule has 0 aliphatic rings. The second-order valence-electron chi connectivity index (χ2n) is 5.09. The van der Waals surface area contributed by atoms with Gasteiger partial charge in [-0.15, -0.1) is 0 Å². The highest BCUT2D eigenvalue weighted by Crippen LogP contribution is 2.18. The van der Waals surface area contributed by atoms with Crippen LogP contribution >= 0.6 is 15.9 Å². The Morgan fingerprint density at radius 1 is 1.26 bits per heavy atom. The number of benzene rings is 1. The molecule has 19 heavy (non-hydrogen) atoms. The molecule has 0 unspecified atom stereocenters. The van der Waals surface area contributed by atoms with Gasteiger partial charge in [-0.2, -0.15) is 4.98 Å². The van der Waals surface area contributed by atoms with E-state index in [1.54, 1.807) is 0 Å². The van der Waals surface area contributed by atoms with Crippen LogP contribution in [0.15, 0.2) is 33.3 Å². The monoisotopic (exact) mass is 323 g/mol. The smallest absolute Gasteiger partial charge is 0.243 e. The van der Waals surface area contributed by atoms with Crippen LogP contribution < -0.4 is 5.73 Å². The largest absolute Gasteiger partial charge is 0.338 e. The molecule has 102 valence electrons. The van der Waals surface area contributed by atoms with Crippen molar-refractivity contribution in [2.75, 3.05) is 0 Å². The van der Waals surface area contributed by atoms with E-state index in [0.717, 1.165) is 16.5 Å². The molecule has 0 spiro atoms. The Morgan fingerprint density at radius 3 is 2.58 bits per heavy atom. The summed E-state index contributed by atoms with van der Waals surface area (Å²) in [6.07, 6.45) is 1.51. The van der Waals surface area contributed by atoms with E-state index in [1.165, 1.54) is 0 Å². The molecule has 4 nitrogen and oxygen atoms in total. The zero-order valence-electron chi connectivity index (χ0n) is 11.1. The Morgan fingerprint density at radius 2 is 1.95 bits per heavy atom. The van der Waals surface area contributed by atoms with Crippen molar-refractivity contribution in [3.63, 3.8) is 0 Å². The molecule has 5 heteroatoms. The van der Waals surface area contributed by atoms with Crippen molar-refractivity contribution in [1.29, 1.82) is 0 Å². The Hall–Kier alpha value is -1.20. The maximum absolute atomic E-state index is 6.02. The van der Waals surface area contributed by atoms with E-state index in [9.17, 15) is 0 Å². The van der Waals surface area contributed by atoms with Gasteiger partial charge < -0.3 is 10.3 Å². The third-order valence-corrected chi connectivity index (χ3v) is 3.33. The lowest BCUT2D eigenvalue weighted by Gasteiger charge is -2.08. The fourth-order valence-electron chi connectivity index (χ4n) is 1.88. The number of nitrogens with zero attached hydrogens (tertiary/aromatic N) is 2. The fraction of sp³-hybridized carbons (Fsp3) is 0.429. The highest BCUT2D eigenvalue weighted by Gasteiger charge is 2.16. The third kappa shape index (κ3) is 4.14. The van der Waals surface area contributed by atoms with Crippen molar-refractivity contribution in [3.05, 3.63) is 46.0 Å². The molecule has 0 bridgehead atoms. The molecular formula is C14H18BrN3O. The summed E-state index contributed by atoms with van der Waals surface area (Å²) >= 11 is 3.41. The fourth-order valence-corrected chi connectivity index (χ4v) is 2.15. The number of hydrogen-bond donors (Lipinski definition) is 1. The van der Waals surface area contributed by atoms with Crippen LogP contribution in [0.25, 0.3) is 0 Å². The van der Waals surface area contributed by atoms with Crippen molar-refractivity contribution in [3.8, 4) is 0 Å². The zero-order chi connectivity index (χ0) is 13.8. The molecule has 2 N–H and O–H groups in total. The molecule has 0 radical (unpaired) electrons. The van der Waals surface area contributed by atoms with E-state index in [4.69, 9.17) is 10.3 Å². The predicted molar refractivity (Wildman–Crippen MR) is 77.6 cm³/mol. The van der Waals surface area contributed by atoms with E-state index in [2.05, 4.69) is 39.9 Å². The first-order valence-electron chi connectivity index (χ1n) is 6.37. The highest BCUT2D eigenvalue weighted by molar-refractivity contribution is 9.10. The van der Waals surface area contributed by atoms with Crippen molar-refractivity contribution in [1.82, 2.24) is 10.1 Å². The van der Waals surface area contributed by atoms with Crippen molar-refractivity contribution in [2.24, 2.45) is 11.7 Å². The molecule has 2 aromatic rings. The lowest BCUT2D eigenvalue weighted by molar-refractivity contribution is 0.333. The first kappa shape index (κ1) is 14.2. The maximum Gasteiger partial charge on any atom is 0.243 e. The van der Waals surface area contributed by atoms with Gasteiger partial charge in [0.25, 0.3) is 0 Å². The summed E-state index contributed by atoms with van der Waals surface area (Å²) in [5.74, 6) is 1.72. The molecule has 1 aromatic carbocycles. The molecule has 1 aromatic heterocycles. The van der Waals surface area contributed by atoms with E-state index in [1.807, 2.05) is 24.3 Å². The lowest BCUT2D eigenvalue weighted by Crippen LogP contribution is -2.13. The van der Waals surface area contributed by atoms with Crippen LogP contribution in [0, 0.1) is 5.92 Å². The van der Waals surface area contributed by atoms with Gasteiger partial charge in [-0.1, -0.05) is 47.1 Å². The Labute approximate surface area is 121 Å². The Bertz CT molecular complexity index is 522. The summed E-state index contributed by atoms with van der Waals surface area (Å²) in [6.45, 7) is 4.25. The topological polar surface area (TPSA) is 64.9 Å². The van der Waals surface area contributed by atoms with Gasteiger partial charge in [-0.3, -0.25) is 0 Å². The number of nitrogens with two attached hydrogens (primary N) is 1. The first-order valence-corrected chi connectivity index (χ1v) is 7.16. The second-order valence-corrected chi connectivity index (χ2v) is 6.00. The van der Waals surface area contributed by atoms with Crippen LogP contribution in [-0.4, -0.2) is 10.1 Å². The Balaban J connectivity index is 2.02. The summed E-state index contributed by atoms with van der Waals surface area (Å²) in [7, 11) is 0. The van der Waals surface area contributed by atoms with Crippen molar-refractivity contribution >= 4 is 15.9 Å². The number of hydrogen-bond acceptors (Lipinski definition) is 4. The molecule has 0 amide bonds. The molecule has 0 fully saturated rings. The third-order valence-electron chi connectivity index (χ3n) is 2.80. The minimum Gasteiger partial charge on any atom is -0.338 e. The molecule has 2 rings (SSSR count). The van der Waals surface area contributed by atoms with Crippen LogP contribution in [0.1, 0.15) is 43.6 Å². The zero-order valence-corrected chi connectivity index (χ0v) is 12.7. The summed E-state index contributed by atoms with van der Waals surface area (Å²) in [5.41, 5.74) is 7.17. The van der Waals surface area contributed by atoms with Gasteiger partial charge in [0.05, 0.1) is 6.04 Å². The van der Waals surface area contributed by atoms with E-state index < -0.39 is 0 Å². The second kappa shape index (κ2) is 6.30. The highest BCUT2D eigenvalue weighted by atomic mass is 79.9. The van der Waals surface area contributed by atoms with Crippen LogP contribution in [0.3, 0.4) is 0 Å². The van der Waals surface area contributed by atoms with Crippen LogP contribution in [0.2, 0.25) is 0 Å². The average Bonchev–Trinajstić information content (AvgIpc) is 2.80. The van der Waals surface area contributed by atoms with E-state index >= 15 is 0 Å². The van der Waals surface area contributed by atoms with Crippen molar-refractivity contribution in [2.45, 2.75) is 32.7 Å². The Kier molecular flexibility index (Phi) is 4.71. The van der Waals surface area contributed by atoms with Gasteiger partial charge in [0.15, 0.2) is 5.82 Å². The maximum atomic E-state index is 6.02. The standard InChI is InChI=1S/C14H18BrN3O/c1-9(2)7-12(16)14-17-13(18-19-14)8-10-3-5-11(15)6-4-10/h3-6,9,12H,7-8,16H2,1-2H3/t12-/m0/s1. The predicted octanol–water partition coefficient (Wildman–Crippen LogP) is 3.47. The van der Waals surface area contributed by atoms with Gasteiger partial charge in [-0.05, 0) is 30.0 Å². The minimum atomic E-state index is -0.175. The molecule has 0 aliphatic heterocycles. The first-order chi connectivity index (χ1) is 9.04. The summed E-state index contributed by atoms with van der Waals surface area (Å²) < 4.78 is 6.29. The molecule has 0 aliphatic carbocycles. The minimum absolute atomic E-state index is 0.175. The van der Waals surface area contributed by atoms with Gasteiger partial charge in [0, 0.05) is 10.9 Å². The number of aromatic nitrogens is 2. The number of rotatable bonds is 5. The molecule has 1 atom stereocenters. The summed E-state index contributed by atoms with van der Waals surface area (Å²) in [5, 5.41) is 3.98. The van der Waals surface area contributed by atoms with E-state index in [0.29, 0.717) is 24.1 Å². The van der Waals surface area contributed by atoms with Gasteiger partial charge in [-0.25, -0.2) is 0 Å². The van der Waals surface area contributed by atoms with Crippen LogP contribution in [0.4, 0.5) is 0 Å². The number of halogens is 1. The van der Waals surface area contributed by atoms with Crippen molar-refractivity contribution < 1.29 is 4.52 Å². The SMILES string of the molecule is CC(C)C[C@H](N)c1nc(Cc2ccc(Br)cc2)no1. The molecule has 1 heterocycles. The van der Waals surface area contributed by atoms with Gasteiger partial charge in [0.1, 0.15) is 0 Å².